The average Bonchev–Trinajstić information content (AvgIpc) is 3.02. The van der Waals surface area contributed by atoms with Crippen molar-refractivity contribution in [3.05, 3.63) is 54.6 Å². The first-order valence-corrected chi connectivity index (χ1v) is 7.34. The number of H-pyrrole nitrogens is 1. The normalized spacial score (nSPS) is 10.5. The van der Waals surface area contributed by atoms with E-state index in [9.17, 15) is 4.79 Å². The molecule has 3 rings (SSSR count). The van der Waals surface area contributed by atoms with Gasteiger partial charge in [-0.2, -0.15) is 0 Å². The molecule has 0 bridgehead atoms. The summed E-state index contributed by atoms with van der Waals surface area (Å²) < 4.78 is 10.9. The number of imidazole rings is 1. The summed E-state index contributed by atoms with van der Waals surface area (Å²) in [4.78, 5) is 19.0. The van der Waals surface area contributed by atoms with Gasteiger partial charge in [0.25, 0.3) is 0 Å². The molecule has 2 aromatic carbocycles. The molecule has 1 heterocycles. The third-order valence-corrected chi connectivity index (χ3v) is 3.56. The van der Waals surface area contributed by atoms with Gasteiger partial charge in [-0.1, -0.05) is 12.7 Å². The zero-order chi connectivity index (χ0) is 17.1. The minimum Gasteiger partial charge on any atom is -0.496 e. The number of amides is 1. The topological polar surface area (TPSA) is 90.2 Å². The van der Waals surface area contributed by atoms with Crippen LogP contribution in [0.2, 0.25) is 0 Å². The van der Waals surface area contributed by atoms with Gasteiger partial charge in [0, 0.05) is 11.6 Å². The van der Waals surface area contributed by atoms with Crippen LogP contribution in [0.4, 0.5) is 0 Å². The van der Waals surface area contributed by atoms with E-state index < -0.39 is 5.91 Å². The number of nitrogens with one attached hydrogen (secondary N) is 1. The van der Waals surface area contributed by atoms with Gasteiger partial charge in [0.05, 0.1) is 23.7 Å². The molecular formula is C18H17N3O3. The summed E-state index contributed by atoms with van der Waals surface area (Å²) in [7, 11) is 1.59. The van der Waals surface area contributed by atoms with Crippen LogP contribution < -0.4 is 15.2 Å². The Bertz CT molecular complexity index is 915. The van der Waals surface area contributed by atoms with Crippen molar-refractivity contribution in [2.24, 2.45) is 5.73 Å². The molecule has 0 saturated carbocycles. The van der Waals surface area contributed by atoms with Gasteiger partial charge in [0.15, 0.2) is 0 Å². The number of hydrogen-bond acceptors (Lipinski definition) is 4. The molecule has 6 heteroatoms. The van der Waals surface area contributed by atoms with E-state index in [0.717, 1.165) is 11.1 Å². The van der Waals surface area contributed by atoms with Crippen LogP contribution in [0.3, 0.4) is 0 Å². The Kier molecular flexibility index (Phi) is 4.20. The van der Waals surface area contributed by atoms with Gasteiger partial charge in [-0.15, -0.1) is 0 Å². The Morgan fingerprint density at radius 2 is 2.17 bits per heavy atom. The Balaban J connectivity index is 2.02. The summed E-state index contributed by atoms with van der Waals surface area (Å²) in [6.07, 6.45) is 1.68. The van der Waals surface area contributed by atoms with Gasteiger partial charge in [-0.05, 0) is 30.3 Å². The lowest BCUT2D eigenvalue weighted by Crippen LogP contribution is -2.10. The number of aromatic nitrogens is 2. The number of nitrogens with zero attached hydrogens (tertiary/aromatic N) is 1. The SMILES string of the molecule is C=CCOc1ccc(-c2nc3cc(C(N)=O)ccc3[nH]2)c(OC)c1. The molecule has 1 amide bonds. The smallest absolute Gasteiger partial charge is 0.248 e. The molecule has 3 N–H and O–H groups in total. The van der Waals surface area contributed by atoms with E-state index in [1.165, 1.54) is 0 Å². The van der Waals surface area contributed by atoms with Crippen LogP contribution in [0.15, 0.2) is 49.1 Å². The number of methoxy groups -OCH3 is 1. The highest BCUT2D eigenvalue weighted by Crippen LogP contribution is 2.33. The predicted octanol–water partition coefficient (Wildman–Crippen LogP) is 2.90. The summed E-state index contributed by atoms with van der Waals surface area (Å²) in [6.45, 7) is 4.04. The lowest BCUT2D eigenvalue weighted by molar-refractivity contribution is 0.100. The fourth-order valence-corrected chi connectivity index (χ4v) is 2.40. The highest BCUT2D eigenvalue weighted by Gasteiger charge is 2.13. The van der Waals surface area contributed by atoms with E-state index in [1.54, 1.807) is 37.5 Å². The van der Waals surface area contributed by atoms with E-state index in [1.807, 2.05) is 12.1 Å². The molecule has 0 radical (unpaired) electrons. The molecule has 3 aromatic rings. The van der Waals surface area contributed by atoms with Crippen LogP contribution in [0.5, 0.6) is 11.5 Å². The zero-order valence-corrected chi connectivity index (χ0v) is 13.2. The monoisotopic (exact) mass is 323 g/mol. The molecule has 6 nitrogen and oxygen atoms in total. The van der Waals surface area contributed by atoms with Gasteiger partial charge in [0.1, 0.15) is 23.9 Å². The average molecular weight is 323 g/mol. The second kappa shape index (κ2) is 6.45. The number of nitrogens with two attached hydrogens (primary N) is 1. The number of rotatable bonds is 6. The molecule has 0 aliphatic heterocycles. The molecule has 0 fully saturated rings. The standard InChI is InChI=1S/C18H17N3O3/c1-3-8-24-12-5-6-13(16(10-12)23-2)18-20-14-7-4-11(17(19)22)9-15(14)21-18/h3-7,9-10H,1,8H2,2H3,(H2,19,22)(H,20,21). The number of hydrogen-bond donors (Lipinski definition) is 2. The predicted molar refractivity (Wildman–Crippen MR) is 92.3 cm³/mol. The minimum absolute atomic E-state index is 0.417. The molecule has 0 aliphatic carbocycles. The molecule has 0 spiro atoms. The first-order valence-electron chi connectivity index (χ1n) is 7.34. The summed E-state index contributed by atoms with van der Waals surface area (Å²) in [5.41, 5.74) is 7.99. The maximum atomic E-state index is 11.3. The zero-order valence-electron chi connectivity index (χ0n) is 13.2. The molecule has 122 valence electrons. The molecule has 0 aliphatic rings. The molecule has 0 atom stereocenters. The highest BCUT2D eigenvalue weighted by molar-refractivity contribution is 5.96. The number of primary amides is 1. The van der Waals surface area contributed by atoms with Crippen molar-refractivity contribution in [3.8, 4) is 22.9 Å². The van der Waals surface area contributed by atoms with Crippen molar-refractivity contribution in [1.82, 2.24) is 9.97 Å². The number of aromatic amines is 1. The number of fused-ring (bicyclic) bond motifs is 1. The molecule has 0 saturated heterocycles. The summed E-state index contributed by atoms with van der Waals surface area (Å²) in [5.74, 6) is 1.47. The summed E-state index contributed by atoms with van der Waals surface area (Å²) in [6, 6.07) is 10.6. The fraction of sp³-hybridized carbons (Fsp3) is 0.111. The highest BCUT2D eigenvalue weighted by atomic mass is 16.5. The molecule has 24 heavy (non-hydrogen) atoms. The lowest BCUT2D eigenvalue weighted by atomic mass is 10.2. The fourth-order valence-electron chi connectivity index (χ4n) is 2.40. The van der Waals surface area contributed by atoms with Gasteiger partial charge in [-0.3, -0.25) is 4.79 Å². The van der Waals surface area contributed by atoms with Crippen LogP contribution >= 0.6 is 0 Å². The maximum Gasteiger partial charge on any atom is 0.248 e. The summed E-state index contributed by atoms with van der Waals surface area (Å²) >= 11 is 0. The number of carbonyl (C=O) groups excluding carboxylic acids is 1. The van der Waals surface area contributed by atoms with E-state index in [2.05, 4.69) is 16.5 Å². The minimum atomic E-state index is -0.484. The van der Waals surface area contributed by atoms with E-state index in [0.29, 0.717) is 35.0 Å². The van der Waals surface area contributed by atoms with Crippen molar-refractivity contribution in [1.29, 1.82) is 0 Å². The van der Waals surface area contributed by atoms with Crippen LogP contribution in [0, 0.1) is 0 Å². The second-order valence-corrected chi connectivity index (χ2v) is 5.14. The van der Waals surface area contributed by atoms with Crippen molar-refractivity contribution in [3.63, 3.8) is 0 Å². The van der Waals surface area contributed by atoms with E-state index in [4.69, 9.17) is 15.2 Å². The largest absolute Gasteiger partial charge is 0.496 e. The number of benzene rings is 2. The van der Waals surface area contributed by atoms with Gasteiger partial charge < -0.3 is 20.2 Å². The number of carbonyl (C=O) groups is 1. The van der Waals surface area contributed by atoms with Crippen molar-refractivity contribution in [2.75, 3.05) is 13.7 Å². The third-order valence-electron chi connectivity index (χ3n) is 3.56. The van der Waals surface area contributed by atoms with E-state index in [-0.39, 0.29) is 0 Å². The Morgan fingerprint density at radius 3 is 2.88 bits per heavy atom. The quantitative estimate of drug-likeness (QED) is 0.682. The van der Waals surface area contributed by atoms with Crippen LogP contribution in [-0.4, -0.2) is 29.6 Å². The van der Waals surface area contributed by atoms with E-state index >= 15 is 0 Å². The third kappa shape index (κ3) is 2.94. The van der Waals surface area contributed by atoms with Gasteiger partial charge in [-0.25, -0.2) is 4.98 Å². The van der Waals surface area contributed by atoms with Crippen molar-refractivity contribution in [2.45, 2.75) is 0 Å². The molecule has 1 aromatic heterocycles. The first kappa shape index (κ1) is 15.6. The maximum absolute atomic E-state index is 11.3. The Morgan fingerprint density at radius 1 is 1.33 bits per heavy atom. The van der Waals surface area contributed by atoms with Gasteiger partial charge in [0.2, 0.25) is 5.91 Å². The van der Waals surface area contributed by atoms with Crippen LogP contribution in [0.25, 0.3) is 22.4 Å². The first-order chi connectivity index (χ1) is 11.6. The molecule has 0 unspecified atom stereocenters. The van der Waals surface area contributed by atoms with Crippen LogP contribution in [-0.2, 0) is 0 Å². The Labute approximate surface area is 138 Å². The van der Waals surface area contributed by atoms with Crippen molar-refractivity contribution >= 4 is 16.9 Å². The second-order valence-electron chi connectivity index (χ2n) is 5.14. The number of ether oxygens (including phenoxy) is 2. The lowest BCUT2D eigenvalue weighted by Gasteiger charge is -2.09. The van der Waals surface area contributed by atoms with Crippen molar-refractivity contribution < 1.29 is 14.3 Å². The van der Waals surface area contributed by atoms with Gasteiger partial charge >= 0.3 is 0 Å². The molecular weight excluding hydrogens is 306 g/mol. The summed E-state index contributed by atoms with van der Waals surface area (Å²) in [5, 5.41) is 0. The van der Waals surface area contributed by atoms with Crippen LogP contribution in [0.1, 0.15) is 10.4 Å². The Hall–Kier alpha value is -3.28.